The van der Waals surface area contributed by atoms with Gasteiger partial charge in [-0.05, 0) is 86.2 Å². The molecule has 0 saturated carbocycles. The summed E-state index contributed by atoms with van der Waals surface area (Å²) in [4.78, 5) is 10.8. The molecule has 0 aliphatic carbocycles. The summed E-state index contributed by atoms with van der Waals surface area (Å²) in [5, 5.41) is 8.84. The first-order chi connectivity index (χ1) is 24.5. The number of rotatable bonds is 20. The van der Waals surface area contributed by atoms with Crippen molar-refractivity contribution in [2.75, 3.05) is 13.7 Å². The van der Waals surface area contributed by atoms with E-state index in [1.54, 1.807) is 7.11 Å². The van der Waals surface area contributed by atoms with Crippen molar-refractivity contribution in [2.45, 2.75) is 160 Å². The Labute approximate surface area is 315 Å². The Morgan fingerprint density at radius 1 is 1.08 bits per heavy atom. The van der Waals surface area contributed by atoms with Crippen molar-refractivity contribution in [1.29, 1.82) is 0 Å². The molecule has 3 rings (SSSR count). The van der Waals surface area contributed by atoms with Gasteiger partial charge in [0.05, 0.1) is 44.7 Å². The molecule has 290 valence electrons. The maximum Gasteiger partial charge on any atom is 0.381 e. The Kier molecular flexibility index (Phi) is 17.4. The van der Waals surface area contributed by atoms with Crippen molar-refractivity contribution in [3.05, 3.63) is 66.3 Å². The Hall–Kier alpha value is -2.71. The number of carboxylic acids is 1. The van der Waals surface area contributed by atoms with Crippen LogP contribution in [0.4, 0.5) is 0 Å². The van der Waals surface area contributed by atoms with Gasteiger partial charge in [-0.1, -0.05) is 103 Å². The molecule has 1 unspecified atom stereocenters. The molecule has 52 heavy (non-hydrogen) atoms. The minimum Gasteiger partial charge on any atom is -0.497 e. The third-order valence-corrected chi connectivity index (χ3v) is 16.4. The van der Waals surface area contributed by atoms with Crippen molar-refractivity contribution in [2.24, 2.45) is 5.92 Å². The molecule has 0 bridgehead atoms. The molecule has 1 saturated heterocycles. The molecule has 1 N–H and O–H groups in total. The van der Waals surface area contributed by atoms with Crippen LogP contribution in [0.3, 0.4) is 0 Å². The molecular formula is C43H66O8Si. The number of hydrogen-bond donors (Lipinski definition) is 1. The van der Waals surface area contributed by atoms with E-state index in [9.17, 15) is 4.79 Å². The highest BCUT2D eigenvalue weighted by Crippen LogP contribution is 2.44. The fourth-order valence-electron chi connectivity index (χ4n) is 7.95. The van der Waals surface area contributed by atoms with E-state index in [0.29, 0.717) is 48.6 Å². The standard InChI is InChI=1S/C43H66O8Si/c1-30(2)52(31(3)4,32(5)6)51-39(27-34(8)25-33(7)26-38-17-12-15-37(49-38)16-14-20-42(44)45)18-13-19-40(41-29-48-43(9,10)50-41)47-28-35-21-23-36(46-11)24-22-35/h12-13,15,18,21-24,30-33,37-41H,8,16-17,19,25-29H2,1-7,9-11H3,(H,44,45)/t33-,37-,38-,39?,40+,41-/m0/s1. The normalized spacial score (nSPS) is 22.1. The Balaban J connectivity index is 1.74. The highest BCUT2D eigenvalue weighted by molar-refractivity contribution is 6.77. The SMILES string of the molecule is C=C(CC(C=CC[C@@H](OCc1ccc(OC)cc1)[C@@H]1COC(C)(C)O1)O[Si](C(C)C)(C(C)C)C(C)C)C[C@H](C)C[C@@H]1CC=C[C@@H](CC#CC(=O)O)O1. The second-order valence-corrected chi connectivity index (χ2v) is 21.4. The van der Waals surface area contributed by atoms with Crippen LogP contribution in [0.5, 0.6) is 5.75 Å². The molecular weight excluding hydrogens is 673 g/mol. The Bertz CT molecular complexity index is 1360. The van der Waals surface area contributed by atoms with Gasteiger partial charge in [0.25, 0.3) is 0 Å². The molecule has 9 heteroatoms. The number of ether oxygens (including phenoxy) is 5. The van der Waals surface area contributed by atoms with E-state index in [4.69, 9.17) is 33.2 Å². The number of carbonyl (C=O) groups is 1. The van der Waals surface area contributed by atoms with Crippen molar-refractivity contribution in [3.8, 4) is 17.6 Å². The summed E-state index contributed by atoms with van der Waals surface area (Å²) in [5.74, 6) is 4.30. The lowest BCUT2D eigenvalue weighted by Gasteiger charge is -2.44. The van der Waals surface area contributed by atoms with Crippen LogP contribution in [0.1, 0.15) is 106 Å². The van der Waals surface area contributed by atoms with Crippen molar-refractivity contribution < 1.29 is 38.0 Å². The van der Waals surface area contributed by atoms with Crippen molar-refractivity contribution >= 4 is 14.3 Å². The predicted molar refractivity (Wildman–Crippen MR) is 211 cm³/mol. The third-order valence-electron chi connectivity index (χ3n) is 10.3. The minimum absolute atomic E-state index is 0.0702. The summed E-state index contributed by atoms with van der Waals surface area (Å²) < 4.78 is 37.7. The first kappa shape index (κ1) is 43.7. The van der Waals surface area contributed by atoms with Gasteiger partial charge in [0.15, 0.2) is 5.79 Å². The second kappa shape index (κ2) is 20.7. The van der Waals surface area contributed by atoms with E-state index < -0.39 is 20.1 Å². The maximum absolute atomic E-state index is 10.8. The molecule has 2 aliphatic rings. The van der Waals surface area contributed by atoms with Crippen LogP contribution in [0.15, 0.2) is 60.7 Å². The minimum atomic E-state index is -2.20. The maximum atomic E-state index is 10.8. The van der Waals surface area contributed by atoms with Crippen LogP contribution in [0.25, 0.3) is 0 Å². The van der Waals surface area contributed by atoms with Gasteiger partial charge in [-0.2, -0.15) is 0 Å². The number of carboxylic acid groups (broad SMARTS) is 1. The molecule has 2 aliphatic heterocycles. The largest absolute Gasteiger partial charge is 0.497 e. The molecule has 1 aromatic carbocycles. The second-order valence-electron chi connectivity index (χ2n) is 16.0. The van der Waals surface area contributed by atoms with E-state index in [2.05, 4.69) is 85.1 Å². The van der Waals surface area contributed by atoms with E-state index in [-0.39, 0.29) is 30.5 Å². The van der Waals surface area contributed by atoms with Crippen molar-refractivity contribution in [1.82, 2.24) is 0 Å². The quantitative estimate of drug-likeness (QED) is 0.0803. The molecule has 2 heterocycles. The summed E-state index contributed by atoms with van der Waals surface area (Å²) in [6.07, 6.45) is 12.4. The van der Waals surface area contributed by atoms with Crippen LogP contribution >= 0.6 is 0 Å². The first-order valence-electron chi connectivity index (χ1n) is 19.2. The zero-order chi connectivity index (χ0) is 38.5. The molecule has 1 fully saturated rings. The third kappa shape index (κ3) is 13.6. The zero-order valence-corrected chi connectivity index (χ0v) is 34.5. The van der Waals surface area contributed by atoms with Gasteiger partial charge in [0, 0.05) is 12.3 Å². The van der Waals surface area contributed by atoms with Gasteiger partial charge in [0.1, 0.15) is 11.9 Å². The number of benzene rings is 1. The Morgan fingerprint density at radius 2 is 1.75 bits per heavy atom. The fourth-order valence-corrected chi connectivity index (χ4v) is 13.5. The summed E-state index contributed by atoms with van der Waals surface area (Å²) in [5.41, 5.74) is 3.59. The first-order valence-corrected chi connectivity index (χ1v) is 21.3. The van der Waals surface area contributed by atoms with E-state index in [1.807, 2.05) is 44.2 Å². The van der Waals surface area contributed by atoms with Gasteiger partial charge in [0.2, 0.25) is 8.32 Å². The van der Waals surface area contributed by atoms with Crippen molar-refractivity contribution in [3.63, 3.8) is 0 Å². The molecule has 0 radical (unpaired) electrons. The van der Waals surface area contributed by atoms with Gasteiger partial charge in [-0.15, -0.1) is 0 Å². The lowest BCUT2D eigenvalue weighted by Crippen LogP contribution is -2.50. The summed E-state index contributed by atoms with van der Waals surface area (Å²) >= 11 is 0. The molecule has 6 atom stereocenters. The van der Waals surface area contributed by atoms with E-state index in [0.717, 1.165) is 42.6 Å². The fraction of sp³-hybridized carbons (Fsp3) is 0.651. The van der Waals surface area contributed by atoms with Crippen LogP contribution in [-0.4, -0.2) is 69.4 Å². The molecule has 0 spiro atoms. The van der Waals surface area contributed by atoms with E-state index >= 15 is 0 Å². The molecule has 0 amide bonds. The summed E-state index contributed by atoms with van der Waals surface area (Å²) in [7, 11) is -0.534. The van der Waals surface area contributed by atoms with Gasteiger partial charge in [-0.25, -0.2) is 4.79 Å². The number of methoxy groups -OCH3 is 1. The molecule has 1 aromatic rings. The van der Waals surface area contributed by atoms with Gasteiger partial charge < -0.3 is 33.2 Å². The van der Waals surface area contributed by atoms with Gasteiger partial charge in [-0.3, -0.25) is 0 Å². The van der Waals surface area contributed by atoms with Crippen LogP contribution < -0.4 is 4.74 Å². The van der Waals surface area contributed by atoms with E-state index in [1.165, 1.54) is 0 Å². The monoisotopic (exact) mass is 738 g/mol. The topological polar surface area (TPSA) is 92.7 Å². The number of hydrogen-bond acceptors (Lipinski definition) is 7. The average molecular weight is 739 g/mol. The lowest BCUT2D eigenvalue weighted by atomic mass is 9.91. The predicted octanol–water partition coefficient (Wildman–Crippen LogP) is 9.79. The van der Waals surface area contributed by atoms with Crippen LogP contribution in [0.2, 0.25) is 16.6 Å². The van der Waals surface area contributed by atoms with Crippen LogP contribution in [-0.2, 0) is 34.8 Å². The molecule has 8 nitrogen and oxygen atoms in total. The lowest BCUT2D eigenvalue weighted by molar-refractivity contribution is -0.157. The van der Waals surface area contributed by atoms with Crippen LogP contribution in [0, 0.1) is 17.8 Å². The molecule has 0 aromatic heterocycles. The highest BCUT2D eigenvalue weighted by Gasteiger charge is 2.46. The highest BCUT2D eigenvalue weighted by atomic mass is 28.4. The zero-order valence-electron chi connectivity index (χ0n) is 33.5. The summed E-state index contributed by atoms with van der Waals surface area (Å²) in [6.45, 7) is 25.6. The summed E-state index contributed by atoms with van der Waals surface area (Å²) in [6, 6.07) is 7.95. The van der Waals surface area contributed by atoms with Gasteiger partial charge >= 0.3 is 5.97 Å². The Morgan fingerprint density at radius 3 is 2.33 bits per heavy atom. The average Bonchev–Trinajstić information content (AvgIpc) is 3.43. The smallest absolute Gasteiger partial charge is 0.381 e. The number of aliphatic carboxylic acids is 1.